The van der Waals surface area contributed by atoms with Gasteiger partial charge in [-0.25, -0.2) is 5.06 Å². The van der Waals surface area contributed by atoms with E-state index in [1.807, 2.05) is 0 Å². The lowest BCUT2D eigenvalue weighted by molar-refractivity contribution is -0.165. The van der Waals surface area contributed by atoms with E-state index < -0.39 is 5.91 Å². The van der Waals surface area contributed by atoms with Gasteiger partial charge in [-0.3, -0.25) is 10.0 Å². The SMILES string of the molecule is CC(=O)N(O)Cc1ccoc1Cl. The first-order chi connectivity index (χ1) is 5.61. The summed E-state index contributed by atoms with van der Waals surface area (Å²) < 4.78 is 4.76. The quantitative estimate of drug-likeness (QED) is 0.569. The lowest BCUT2D eigenvalue weighted by Gasteiger charge is -2.10. The Hall–Kier alpha value is -1.00. The third-order valence-corrected chi connectivity index (χ3v) is 1.71. The van der Waals surface area contributed by atoms with Crippen molar-refractivity contribution in [2.24, 2.45) is 0 Å². The van der Waals surface area contributed by atoms with Gasteiger partial charge in [0.1, 0.15) is 0 Å². The minimum absolute atomic E-state index is 0.0463. The number of hydrogen-bond donors (Lipinski definition) is 1. The molecule has 0 radical (unpaired) electrons. The van der Waals surface area contributed by atoms with Crippen molar-refractivity contribution >= 4 is 17.5 Å². The van der Waals surface area contributed by atoms with Gasteiger partial charge in [0.15, 0.2) is 5.22 Å². The zero-order valence-electron chi connectivity index (χ0n) is 6.45. The van der Waals surface area contributed by atoms with Crippen LogP contribution in [0.25, 0.3) is 0 Å². The Morgan fingerprint density at radius 2 is 2.50 bits per heavy atom. The highest BCUT2D eigenvalue weighted by Crippen LogP contribution is 2.17. The van der Waals surface area contributed by atoms with Gasteiger partial charge in [-0.05, 0) is 17.7 Å². The average Bonchev–Trinajstić information content (AvgIpc) is 2.36. The first kappa shape index (κ1) is 9.09. The standard InChI is InChI=1S/C7H8ClNO3/c1-5(10)9(11)4-6-2-3-12-7(6)8/h2-3,11H,4H2,1H3. The molecule has 1 aromatic rings. The largest absolute Gasteiger partial charge is 0.453 e. The smallest absolute Gasteiger partial charge is 0.243 e. The highest BCUT2D eigenvalue weighted by molar-refractivity contribution is 6.29. The number of furan rings is 1. The van der Waals surface area contributed by atoms with E-state index in [0.29, 0.717) is 10.6 Å². The summed E-state index contributed by atoms with van der Waals surface area (Å²) in [5, 5.41) is 9.76. The summed E-state index contributed by atoms with van der Waals surface area (Å²) >= 11 is 5.57. The highest BCUT2D eigenvalue weighted by atomic mass is 35.5. The van der Waals surface area contributed by atoms with Gasteiger partial charge in [-0.2, -0.15) is 0 Å². The number of rotatable bonds is 2. The van der Waals surface area contributed by atoms with E-state index in [9.17, 15) is 4.79 Å². The van der Waals surface area contributed by atoms with E-state index in [1.165, 1.54) is 13.2 Å². The Labute approximate surface area is 74.3 Å². The van der Waals surface area contributed by atoms with Crippen molar-refractivity contribution in [3.05, 3.63) is 23.1 Å². The predicted octanol–water partition coefficient (Wildman–Crippen LogP) is 1.67. The van der Waals surface area contributed by atoms with Crippen LogP contribution in [-0.2, 0) is 11.3 Å². The second-order valence-electron chi connectivity index (χ2n) is 2.30. The van der Waals surface area contributed by atoms with Gasteiger partial charge < -0.3 is 4.42 Å². The number of nitrogens with zero attached hydrogens (tertiary/aromatic N) is 1. The first-order valence-corrected chi connectivity index (χ1v) is 3.68. The van der Waals surface area contributed by atoms with Crippen LogP contribution in [0.5, 0.6) is 0 Å². The zero-order valence-corrected chi connectivity index (χ0v) is 7.21. The van der Waals surface area contributed by atoms with Gasteiger partial charge in [0.05, 0.1) is 12.8 Å². The van der Waals surface area contributed by atoms with E-state index in [-0.39, 0.29) is 11.8 Å². The minimum Gasteiger partial charge on any atom is -0.453 e. The van der Waals surface area contributed by atoms with Crippen LogP contribution in [0.3, 0.4) is 0 Å². The van der Waals surface area contributed by atoms with Crippen molar-refractivity contribution < 1.29 is 14.4 Å². The molecule has 0 saturated heterocycles. The van der Waals surface area contributed by atoms with Crippen molar-refractivity contribution in [1.29, 1.82) is 0 Å². The van der Waals surface area contributed by atoms with Crippen LogP contribution >= 0.6 is 11.6 Å². The molecular formula is C7H8ClNO3. The average molecular weight is 190 g/mol. The number of hydrogen-bond acceptors (Lipinski definition) is 3. The number of hydroxylamine groups is 2. The lowest BCUT2D eigenvalue weighted by Crippen LogP contribution is -2.23. The summed E-state index contributed by atoms with van der Waals surface area (Å²) in [4.78, 5) is 10.6. The van der Waals surface area contributed by atoms with Gasteiger partial charge >= 0.3 is 0 Å². The molecule has 66 valence electrons. The van der Waals surface area contributed by atoms with Crippen LogP contribution in [0.1, 0.15) is 12.5 Å². The Balaban J connectivity index is 2.64. The normalized spacial score (nSPS) is 9.92. The van der Waals surface area contributed by atoms with E-state index in [1.54, 1.807) is 6.07 Å². The monoisotopic (exact) mass is 189 g/mol. The van der Waals surface area contributed by atoms with Crippen LogP contribution in [-0.4, -0.2) is 16.2 Å². The first-order valence-electron chi connectivity index (χ1n) is 3.30. The molecule has 0 atom stereocenters. The lowest BCUT2D eigenvalue weighted by atomic mass is 10.3. The van der Waals surface area contributed by atoms with E-state index in [4.69, 9.17) is 21.2 Å². The summed E-state index contributed by atoms with van der Waals surface area (Å²) in [5.41, 5.74) is 0.578. The summed E-state index contributed by atoms with van der Waals surface area (Å²) in [6.45, 7) is 1.30. The van der Waals surface area contributed by atoms with Gasteiger partial charge in [-0.15, -0.1) is 0 Å². The Kier molecular flexibility index (Phi) is 2.73. The molecule has 0 aromatic carbocycles. The summed E-state index contributed by atoms with van der Waals surface area (Å²) in [6.07, 6.45) is 1.39. The topological polar surface area (TPSA) is 53.7 Å². The maximum atomic E-state index is 10.6. The fourth-order valence-electron chi connectivity index (χ4n) is 0.705. The molecule has 5 heteroatoms. The molecule has 0 bridgehead atoms. The van der Waals surface area contributed by atoms with Crippen molar-refractivity contribution in [3.63, 3.8) is 0 Å². The molecule has 0 aliphatic heterocycles. The third kappa shape index (κ3) is 1.99. The van der Waals surface area contributed by atoms with E-state index >= 15 is 0 Å². The van der Waals surface area contributed by atoms with Crippen molar-refractivity contribution in [3.8, 4) is 0 Å². The molecule has 1 heterocycles. The fraction of sp³-hybridized carbons (Fsp3) is 0.286. The van der Waals surface area contributed by atoms with Crippen LogP contribution in [0.15, 0.2) is 16.7 Å². The molecule has 4 nitrogen and oxygen atoms in total. The molecule has 12 heavy (non-hydrogen) atoms. The van der Waals surface area contributed by atoms with E-state index in [0.717, 1.165) is 0 Å². The Morgan fingerprint density at radius 3 is 2.92 bits per heavy atom. The second kappa shape index (κ2) is 3.60. The van der Waals surface area contributed by atoms with Crippen LogP contribution < -0.4 is 0 Å². The van der Waals surface area contributed by atoms with Gasteiger partial charge in [0.2, 0.25) is 5.91 Å². The third-order valence-electron chi connectivity index (χ3n) is 1.38. The number of carbonyl (C=O) groups excluding carboxylic acids is 1. The zero-order chi connectivity index (χ0) is 9.14. The molecular weight excluding hydrogens is 182 g/mol. The second-order valence-corrected chi connectivity index (χ2v) is 2.64. The maximum Gasteiger partial charge on any atom is 0.243 e. The van der Waals surface area contributed by atoms with Crippen LogP contribution in [0.2, 0.25) is 5.22 Å². The van der Waals surface area contributed by atoms with Crippen LogP contribution in [0, 0.1) is 0 Å². The molecule has 0 fully saturated rings. The molecule has 1 rings (SSSR count). The molecule has 0 spiro atoms. The molecule has 0 unspecified atom stereocenters. The van der Waals surface area contributed by atoms with Gasteiger partial charge in [0, 0.05) is 12.5 Å². The summed E-state index contributed by atoms with van der Waals surface area (Å²) in [7, 11) is 0. The summed E-state index contributed by atoms with van der Waals surface area (Å²) in [5.74, 6) is -0.438. The minimum atomic E-state index is -0.438. The highest BCUT2D eigenvalue weighted by Gasteiger charge is 2.09. The molecule has 0 aliphatic rings. The van der Waals surface area contributed by atoms with Gasteiger partial charge in [0.25, 0.3) is 0 Å². The van der Waals surface area contributed by atoms with Crippen molar-refractivity contribution in [1.82, 2.24) is 5.06 Å². The number of amides is 1. The molecule has 1 N–H and O–H groups in total. The summed E-state index contributed by atoms with van der Waals surface area (Å²) in [6, 6.07) is 1.59. The van der Waals surface area contributed by atoms with Crippen LogP contribution in [0.4, 0.5) is 0 Å². The Bertz CT molecular complexity index is 284. The van der Waals surface area contributed by atoms with Crippen molar-refractivity contribution in [2.45, 2.75) is 13.5 Å². The molecule has 1 amide bonds. The maximum absolute atomic E-state index is 10.6. The number of carbonyl (C=O) groups is 1. The Morgan fingerprint density at radius 1 is 1.83 bits per heavy atom. The fourth-order valence-corrected chi connectivity index (χ4v) is 0.879. The van der Waals surface area contributed by atoms with Gasteiger partial charge in [-0.1, -0.05) is 0 Å². The predicted molar refractivity (Wildman–Crippen MR) is 41.7 cm³/mol. The molecule has 0 aliphatic carbocycles. The van der Waals surface area contributed by atoms with E-state index in [2.05, 4.69) is 0 Å². The molecule has 0 saturated carbocycles. The molecule has 1 aromatic heterocycles. The number of halogens is 1. The van der Waals surface area contributed by atoms with Crippen molar-refractivity contribution in [2.75, 3.05) is 0 Å².